The number of carbonyl (C=O) groups excluding carboxylic acids is 1. The van der Waals surface area contributed by atoms with Crippen molar-refractivity contribution in [2.45, 2.75) is 18.7 Å². The third kappa shape index (κ3) is 3.69. The van der Waals surface area contributed by atoms with Crippen LogP contribution in [0.1, 0.15) is 13.3 Å². The first-order valence-corrected chi connectivity index (χ1v) is 3.66. The Morgan fingerprint density at radius 3 is 2.80 bits per heavy atom. The van der Waals surface area contributed by atoms with Gasteiger partial charge in [-0.25, -0.2) is 0 Å². The quantitative estimate of drug-likeness (QED) is 0.488. The number of halogens is 1. The van der Waals surface area contributed by atoms with Crippen LogP contribution in [-0.4, -0.2) is 24.5 Å². The van der Waals surface area contributed by atoms with Gasteiger partial charge in [0.05, 0.1) is 6.61 Å². The fourth-order valence-electron chi connectivity index (χ4n) is 0.497. The molecule has 0 aromatic rings. The number of hydrogen-bond acceptors (Lipinski definition) is 3. The Morgan fingerprint density at radius 2 is 2.40 bits per heavy atom. The van der Waals surface area contributed by atoms with Crippen LogP contribution in [0, 0.1) is 0 Å². The maximum absolute atomic E-state index is 10.7. The summed E-state index contributed by atoms with van der Waals surface area (Å²) in [6.07, 6.45) is 0.473. The number of rotatable bonds is 4. The van der Waals surface area contributed by atoms with Crippen LogP contribution >= 0.6 is 11.6 Å². The predicted molar refractivity (Wildman–Crippen MR) is 39.9 cm³/mol. The normalized spacial score (nSPS) is 12.7. The Morgan fingerprint density at radius 1 is 1.80 bits per heavy atom. The van der Waals surface area contributed by atoms with Crippen LogP contribution in [0.15, 0.2) is 0 Å². The van der Waals surface area contributed by atoms with E-state index >= 15 is 0 Å². The molecule has 0 amide bonds. The summed E-state index contributed by atoms with van der Waals surface area (Å²) in [5, 5.41) is -0.579. The number of nitrogens with two attached hydrogens (primary N) is 1. The fraction of sp³-hybridized carbons (Fsp3) is 0.833. The molecule has 0 aromatic heterocycles. The maximum atomic E-state index is 10.7. The van der Waals surface area contributed by atoms with Crippen LogP contribution in [-0.2, 0) is 9.53 Å². The second kappa shape index (κ2) is 5.50. The van der Waals surface area contributed by atoms with Crippen LogP contribution < -0.4 is 5.73 Å². The van der Waals surface area contributed by atoms with Crippen molar-refractivity contribution in [1.29, 1.82) is 0 Å². The molecule has 4 heteroatoms. The lowest BCUT2D eigenvalue weighted by molar-refractivity contribution is -0.142. The summed E-state index contributed by atoms with van der Waals surface area (Å²) in [6.45, 7) is 2.52. The average Bonchev–Trinajstić information content (AvgIpc) is 1.89. The number of hydrogen-bond donors (Lipinski definition) is 1. The molecule has 0 saturated heterocycles. The van der Waals surface area contributed by atoms with Gasteiger partial charge in [-0.3, -0.25) is 4.79 Å². The molecule has 0 spiro atoms. The van der Waals surface area contributed by atoms with Crippen LogP contribution in [0.5, 0.6) is 0 Å². The average molecular weight is 166 g/mol. The number of ether oxygens (including phenoxy) is 1. The first-order chi connectivity index (χ1) is 4.72. The van der Waals surface area contributed by atoms with Crippen LogP contribution in [0.3, 0.4) is 0 Å². The molecule has 3 nitrogen and oxygen atoms in total. The van der Waals surface area contributed by atoms with Crippen molar-refractivity contribution in [3.8, 4) is 0 Å². The van der Waals surface area contributed by atoms with E-state index in [1.54, 1.807) is 6.92 Å². The fourth-order valence-corrected chi connectivity index (χ4v) is 0.686. The van der Waals surface area contributed by atoms with E-state index in [0.29, 0.717) is 19.6 Å². The first-order valence-electron chi connectivity index (χ1n) is 3.23. The molecule has 60 valence electrons. The van der Waals surface area contributed by atoms with Crippen molar-refractivity contribution in [2.24, 2.45) is 5.73 Å². The molecular weight excluding hydrogens is 154 g/mol. The van der Waals surface area contributed by atoms with Gasteiger partial charge in [0.15, 0.2) is 0 Å². The minimum Gasteiger partial charge on any atom is -0.465 e. The van der Waals surface area contributed by atoms with E-state index in [-0.39, 0.29) is 5.97 Å². The van der Waals surface area contributed by atoms with E-state index in [2.05, 4.69) is 4.74 Å². The molecule has 1 unspecified atom stereocenters. The van der Waals surface area contributed by atoms with Gasteiger partial charge in [0.25, 0.3) is 0 Å². The molecule has 1 atom stereocenters. The Labute approximate surface area is 65.5 Å². The van der Waals surface area contributed by atoms with Crippen molar-refractivity contribution >= 4 is 17.6 Å². The lowest BCUT2D eigenvalue weighted by Gasteiger charge is -2.05. The Bertz CT molecular complexity index is 108. The standard InChI is InChI=1S/C6H12ClNO2/c1-2-10-6(9)5(7)3-4-8/h5H,2-4,8H2,1H3. The van der Waals surface area contributed by atoms with Gasteiger partial charge >= 0.3 is 5.97 Å². The van der Waals surface area contributed by atoms with E-state index in [4.69, 9.17) is 17.3 Å². The summed E-state index contributed by atoms with van der Waals surface area (Å²) in [6, 6.07) is 0. The van der Waals surface area contributed by atoms with Gasteiger partial charge in [-0.05, 0) is 19.9 Å². The van der Waals surface area contributed by atoms with Gasteiger partial charge in [-0.1, -0.05) is 0 Å². The van der Waals surface area contributed by atoms with Crippen molar-refractivity contribution in [2.75, 3.05) is 13.2 Å². The molecule has 2 N–H and O–H groups in total. The van der Waals surface area contributed by atoms with Crippen LogP contribution in [0.25, 0.3) is 0 Å². The molecule has 0 heterocycles. The Hall–Kier alpha value is -0.280. The minimum absolute atomic E-state index is 0.368. The van der Waals surface area contributed by atoms with E-state index < -0.39 is 5.38 Å². The summed E-state index contributed by atoms with van der Waals surface area (Å²) >= 11 is 5.56. The molecule has 0 radical (unpaired) electrons. The molecule has 10 heavy (non-hydrogen) atoms. The number of carbonyl (C=O) groups is 1. The van der Waals surface area contributed by atoms with Gasteiger partial charge in [0.1, 0.15) is 5.38 Å². The highest BCUT2D eigenvalue weighted by Gasteiger charge is 2.14. The van der Waals surface area contributed by atoms with Gasteiger partial charge in [0, 0.05) is 0 Å². The van der Waals surface area contributed by atoms with Crippen molar-refractivity contribution in [1.82, 2.24) is 0 Å². The third-order valence-corrected chi connectivity index (χ3v) is 1.36. The molecule has 0 rings (SSSR count). The lowest BCUT2D eigenvalue weighted by Crippen LogP contribution is -2.20. The zero-order valence-electron chi connectivity index (χ0n) is 5.97. The van der Waals surface area contributed by atoms with Crippen molar-refractivity contribution < 1.29 is 9.53 Å². The number of esters is 1. The van der Waals surface area contributed by atoms with E-state index in [1.807, 2.05) is 0 Å². The summed E-state index contributed by atoms with van der Waals surface area (Å²) in [5.74, 6) is -0.380. The number of alkyl halides is 1. The predicted octanol–water partition coefficient (Wildman–Crippen LogP) is 0.506. The molecule has 0 saturated carbocycles. The molecule has 0 aromatic carbocycles. The van der Waals surface area contributed by atoms with E-state index in [1.165, 1.54) is 0 Å². The van der Waals surface area contributed by atoms with Gasteiger partial charge < -0.3 is 10.5 Å². The lowest BCUT2D eigenvalue weighted by atomic mass is 10.3. The monoisotopic (exact) mass is 165 g/mol. The van der Waals surface area contributed by atoms with Gasteiger partial charge in [-0.2, -0.15) is 0 Å². The van der Waals surface area contributed by atoms with Crippen LogP contribution in [0.4, 0.5) is 0 Å². The van der Waals surface area contributed by atoms with E-state index in [0.717, 1.165) is 0 Å². The summed E-state index contributed by atoms with van der Waals surface area (Å²) in [5.41, 5.74) is 5.17. The molecule has 0 fully saturated rings. The highest BCUT2D eigenvalue weighted by Crippen LogP contribution is 2.02. The van der Waals surface area contributed by atoms with Gasteiger partial charge in [-0.15, -0.1) is 11.6 Å². The topological polar surface area (TPSA) is 52.3 Å². The second-order valence-electron chi connectivity index (χ2n) is 1.80. The van der Waals surface area contributed by atoms with E-state index in [9.17, 15) is 4.79 Å². The highest BCUT2D eigenvalue weighted by molar-refractivity contribution is 6.29. The van der Waals surface area contributed by atoms with Gasteiger partial charge in [0.2, 0.25) is 0 Å². The largest absolute Gasteiger partial charge is 0.465 e. The third-order valence-electron chi connectivity index (χ3n) is 0.962. The van der Waals surface area contributed by atoms with Crippen molar-refractivity contribution in [3.05, 3.63) is 0 Å². The highest BCUT2D eigenvalue weighted by atomic mass is 35.5. The molecule has 0 aliphatic rings. The first kappa shape index (κ1) is 9.72. The summed E-state index contributed by atoms with van der Waals surface area (Å²) in [4.78, 5) is 10.7. The second-order valence-corrected chi connectivity index (χ2v) is 2.32. The molecule has 0 aliphatic carbocycles. The zero-order valence-corrected chi connectivity index (χ0v) is 6.73. The minimum atomic E-state index is -0.579. The molecular formula is C6H12ClNO2. The SMILES string of the molecule is CCOC(=O)C(Cl)CCN. The van der Waals surface area contributed by atoms with Crippen molar-refractivity contribution in [3.63, 3.8) is 0 Å². The van der Waals surface area contributed by atoms with Crippen LogP contribution in [0.2, 0.25) is 0 Å². The summed E-state index contributed by atoms with van der Waals surface area (Å²) < 4.78 is 4.63. The molecule has 0 bridgehead atoms. The maximum Gasteiger partial charge on any atom is 0.324 e. The zero-order chi connectivity index (χ0) is 7.98. The smallest absolute Gasteiger partial charge is 0.324 e. The Kier molecular flexibility index (Phi) is 5.35. The molecule has 0 aliphatic heterocycles. The summed E-state index contributed by atoms with van der Waals surface area (Å²) in [7, 11) is 0. The Balaban J connectivity index is 3.49.